The summed E-state index contributed by atoms with van der Waals surface area (Å²) in [5, 5.41) is 8.78. The summed E-state index contributed by atoms with van der Waals surface area (Å²) in [6, 6.07) is 0. The number of hydrogen-bond donors (Lipinski definition) is 2. The largest absolute Gasteiger partial charge is 0.394 e. The van der Waals surface area contributed by atoms with Crippen molar-refractivity contribution in [1.82, 2.24) is 14.5 Å². The van der Waals surface area contributed by atoms with Crippen LogP contribution in [0.15, 0.2) is 11.1 Å². The molecule has 1 aromatic heterocycles. The third-order valence-corrected chi connectivity index (χ3v) is 1.82. The van der Waals surface area contributed by atoms with E-state index >= 15 is 0 Å². The Kier molecular flexibility index (Phi) is 3.75. The maximum Gasteiger partial charge on any atom is 0.354 e. The summed E-state index contributed by atoms with van der Waals surface area (Å²) in [5.74, 6) is -0.0707. The van der Waals surface area contributed by atoms with Crippen molar-refractivity contribution in [1.29, 1.82) is 0 Å². The Morgan fingerprint density at radius 3 is 2.87 bits per heavy atom. The topological polar surface area (TPSA) is 103 Å². The number of ether oxygens (including phenoxy) is 1. The van der Waals surface area contributed by atoms with E-state index in [1.165, 1.54) is 10.9 Å². The smallest absolute Gasteiger partial charge is 0.354 e. The van der Waals surface area contributed by atoms with Gasteiger partial charge in [0.2, 0.25) is 5.95 Å². The molecule has 0 saturated carbocycles. The first-order valence-corrected chi connectivity index (χ1v) is 4.51. The molecule has 3 N–H and O–H groups in total. The molecule has 0 radical (unpaired) electrons. The molecule has 1 heterocycles. The average molecular weight is 214 g/mol. The van der Waals surface area contributed by atoms with Gasteiger partial charge in [-0.05, 0) is 13.8 Å². The van der Waals surface area contributed by atoms with Crippen LogP contribution in [0.2, 0.25) is 0 Å². The lowest BCUT2D eigenvalue weighted by Gasteiger charge is -2.18. The van der Waals surface area contributed by atoms with Crippen LogP contribution < -0.4 is 11.4 Å². The van der Waals surface area contributed by atoms with Gasteiger partial charge in [-0.2, -0.15) is 4.98 Å². The van der Waals surface area contributed by atoms with E-state index in [9.17, 15) is 4.79 Å². The molecule has 0 bridgehead atoms. The molecular formula is C8H14N4O3. The van der Waals surface area contributed by atoms with Gasteiger partial charge in [-0.25, -0.2) is 9.78 Å². The number of nitrogen functional groups attached to an aromatic ring is 1. The highest BCUT2D eigenvalue weighted by Crippen LogP contribution is 2.06. The van der Waals surface area contributed by atoms with Gasteiger partial charge in [0, 0.05) is 0 Å². The highest BCUT2D eigenvalue weighted by atomic mass is 16.5. The fourth-order valence-electron chi connectivity index (χ4n) is 1.05. The Morgan fingerprint density at radius 2 is 2.33 bits per heavy atom. The highest BCUT2D eigenvalue weighted by molar-refractivity contribution is 5.09. The van der Waals surface area contributed by atoms with E-state index in [4.69, 9.17) is 15.6 Å². The molecule has 15 heavy (non-hydrogen) atoms. The molecule has 7 heteroatoms. The first-order valence-electron chi connectivity index (χ1n) is 4.51. The Labute approximate surface area is 86.5 Å². The van der Waals surface area contributed by atoms with Crippen LogP contribution in [0.1, 0.15) is 20.1 Å². The van der Waals surface area contributed by atoms with Gasteiger partial charge in [-0.1, -0.05) is 0 Å². The molecule has 0 fully saturated rings. The van der Waals surface area contributed by atoms with Crippen LogP contribution >= 0.6 is 0 Å². The monoisotopic (exact) mass is 214 g/mol. The molecule has 1 rings (SSSR count). The second kappa shape index (κ2) is 4.85. The number of nitrogens with two attached hydrogens (primary N) is 1. The van der Waals surface area contributed by atoms with E-state index in [0.29, 0.717) is 0 Å². The average Bonchev–Trinajstić information content (AvgIpc) is 2.17. The molecule has 0 saturated heterocycles. The van der Waals surface area contributed by atoms with Crippen molar-refractivity contribution in [3.8, 4) is 0 Å². The van der Waals surface area contributed by atoms with Crippen molar-refractivity contribution < 1.29 is 9.84 Å². The molecular weight excluding hydrogens is 200 g/mol. The zero-order valence-electron chi connectivity index (χ0n) is 8.62. The summed E-state index contributed by atoms with van der Waals surface area (Å²) in [6.07, 6.45) is 0.365. The SMILES string of the molecule is CC(CO)OC(C)n1cnc(N)nc1=O. The fourth-order valence-corrected chi connectivity index (χ4v) is 1.05. The van der Waals surface area contributed by atoms with Gasteiger partial charge in [0.15, 0.2) is 0 Å². The summed E-state index contributed by atoms with van der Waals surface area (Å²) in [5.41, 5.74) is 4.71. The molecule has 2 unspecified atom stereocenters. The van der Waals surface area contributed by atoms with Gasteiger partial charge >= 0.3 is 5.69 Å². The lowest BCUT2D eigenvalue weighted by atomic mass is 10.4. The molecule has 84 valence electrons. The molecule has 0 spiro atoms. The molecule has 0 aliphatic heterocycles. The van der Waals surface area contributed by atoms with Crippen LogP contribution in [-0.2, 0) is 4.74 Å². The van der Waals surface area contributed by atoms with E-state index in [1.807, 2.05) is 0 Å². The number of rotatable bonds is 4. The van der Waals surface area contributed by atoms with Crippen molar-refractivity contribution in [3.63, 3.8) is 0 Å². The lowest BCUT2D eigenvalue weighted by Crippen LogP contribution is -2.30. The molecule has 1 aromatic rings. The molecule has 2 atom stereocenters. The van der Waals surface area contributed by atoms with Crippen LogP contribution in [0.3, 0.4) is 0 Å². The summed E-state index contributed by atoms with van der Waals surface area (Å²) < 4.78 is 6.50. The third kappa shape index (κ3) is 3.00. The number of hydrogen-bond acceptors (Lipinski definition) is 6. The molecule has 0 aliphatic carbocycles. The summed E-state index contributed by atoms with van der Waals surface area (Å²) >= 11 is 0. The normalized spacial score (nSPS) is 14.9. The first-order chi connectivity index (χ1) is 7.04. The van der Waals surface area contributed by atoms with Crippen LogP contribution in [-0.4, -0.2) is 32.4 Å². The van der Waals surface area contributed by atoms with Crippen molar-refractivity contribution in [2.45, 2.75) is 26.2 Å². The Bertz CT molecular complexity index is 378. The maximum absolute atomic E-state index is 11.3. The van der Waals surface area contributed by atoms with Gasteiger partial charge in [0.1, 0.15) is 12.6 Å². The fraction of sp³-hybridized carbons (Fsp3) is 0.625. The van der Waals surface area contributed by atoms with E-state index in [-0.39, 0.29) is 18.7 Å². The highest BCUT2D eigenvalue weighted by Gasteiger charge is 2.11. The van der Waals surface area contributed by atoms with Gasteiger partial charge in [-0.15, -0.1) is 0 Å². The van der Waals surface area contributed by atoms with Gasteiger partial charge in [0.05, 0.1) is 12.7 Å². The van der Waals surface area contributed by atoms with E-state index in [2.05, 4.69) is 9.97 Å². The quantitative estimate of drug-likeness (QED) is 0.675. The van der Waals surface area contributed by atoms with Crippen molar-refractivity contribution in [2.24, 2.45) is 0 Å². The summed E-state index contributed by atoms with van der Waals surface area (Å²) in [4.78, 5) is 18.5. The van der Waals surface area contributed by atoms with Crippen molar-refractivity contribution in [2.75, 3.05) is 12.3 Å². The predicted octanol–water partition coefficient (Wildman–Crippen LogP) is -0.864. The molecule has 7 nitrogen and oxygen atoms in total. The predicted molar refractivity (Wildman–Crippen MR) is 53.0 cm³/mol. The minimum absolute atomic E-state index is 0.0707. The van der Waals surface area contributed by atoms with E-state index in [1.54, 1.807) is 13.8 Å². The molecule has 0 aromatic carbocycles. The van der Waals surface area contributed by atoms with Crippen LogP contribution in [0.25, 0.3) is 0 Å². The van der Waals surface area contributed by atoms with Crippen LogP contribution in [0, 0.1) is 0 Å². The number of anilines is 1. The molecule has 0 aliphatic rings. The number of nitrogens with zero attached hydrogens (tertiary/aromatic N) is 3. The van der Waals surface area contributed by atoms with Gasteiger partial charge < -0.3 is 15.6 Å². The zero-order chi connectivity index (χ0) is 11.4. The van der Waals surface area contributed by atoms with Crippen molar-refractivity contribution in [3.05, 3.63) is 16.8 Å². The van der Waals surface area contributed by atoms with Crippen LogP contribution in [0.4, 0.5) is 5.95 Å². The van der Waals surface area contributed by atoms with Gasteiger partial charge in [0.25, 0.3) is 0 Å². The molecule has 0 amide bonds. The van der Waals surface area contributed by atoms with E-state index in [0.717, 1.165) is 0 Å². The van der Waals surface area contributed by atoms with Crippen molar-refractivity contribution >= 4 is 5.95 Å². The second-order valence-corrected chi connectivity index (χ2v) is 3.13. The van der Waals surface area contributed by atoms with E-state index < -0.39 is 11.9 Å². The minimum atomic E-state index is -0.541. The maximum atomic E-state index is 11.3. The Balaban J connectivity index is 2.82. The minimum Gasteiger partial charge on any atom is -0.394 e. The summed E-state index contributed by atoms with van der Waals surface area (Å²) in [7, 11) is 0. The first kappa shape index (κ1) is 11.6. The number of aromatic nitrogens is 3. The number of aliphatic hydroxyl groups excluding tert-OH is 1. The summed E-state index contributed by atoms with van der Waals surface area (Å²) in [6.45, 7) is 3.24. The number of aliphatic hydroxyl groups is 1. The second-order valence-electron chi connectivity index (χ2n) is 3.13. The third-order valence-electron chi connectivity index (χ3n) is 1.82. The lowest BCUT2D eigenvalue weighted by molar-refractivity contribution is -0.0584. The van der Waals surface area contributed by atoms with Crippen LogP contribution in [0.5, 0.6) is 0 Å². The standard InChI is InChI=1S/C8H14N4O3/c1-5(3-13)15-6(2)12-4-10-7(9)11-8(12)14/h4-6,13H,3H2,1-2H3,(H2,9,11,14). The Hall–Kier alpha value is -1.47. The van der Waals surface area contributed by atoms with Gasteiger partial charge in [-0.3, -0.25) is 4.57 Å². The zero-order valence-corrected chi connectivity index (χ0v) is 8.62. The Morgan fingerprint density at radius 1 is 1.67 bits per heavy atom.